The fourth-order valence-electron chi connectivity index (χ4n) is 1.88. The average molecular weight is 308 g/mol. The number of carbonyl (C=O) groups is 2. The Morgan fingerprint density at radius 3 is 2.05 bits per heavy atom. The molecule has 0 aromatic heterocycles. The predicted molar refractivity (Wildman–Crippen MR) is 87.3 cm³/mol. The van der Waals surface area contributed by atoms with Crippen molar-refractivity contribution in [3.05, 3.63) is 35.4 Å². The lowest BCUT2D eigenvalue weighted by Crippen LogP contribution is -2.36. The van der Waals surface area contributed by atoms with E-state index in [-0.39, 0.29) is 26.2 Å². The van der Waals surface area contributed by atoms with E-state index in [1.807, 2.05) is 32.9 Å². The molecule has 4 heteroatoms. The Balaban J connectivity index is 0.00000191. The highest BCUT2D eigenvalue weighted by atomic mass is 31.1. The van der Waals surface area contributed by atoms with Crippen molar-refractivity contribution in [3.63, 3.8) is 0 Å². The molecular formula is C17H25O3P. The third kappa shape index (κ3) is 5.17. The first kappa shape index (κ1) is 19.7. The molecule has 1 rings (SSSR count). The Morgan fingerprint density at radius 1 is 1.14 bits per heavy atom. The predicted octanol–water partition coefficient (Wildman–Crippen LogP) is 4.73. The molecule has 0 aliphatic rings. The highest BCUT2D eigenvalue weighted by Crippen LogP contribution is 2.32. The van der Waals surface area contributed by atoms with E-state index in [9.17, 15) is 14.2 Å². The lowest BCUT2D eigenvalue weighted by atomic mass is 9.72. The molecule has 1 aromatic carbocycles. The van der Waals surface area contributed by atoms with Crippen LogP contribution in [0.5, 0.6) is 0 Å². The van der Waals surface area contributed by atoms with Gasteiger partial charge in [0.1, 0.15) is 5.78 Å². The Labute approximate surface area is 129 Å². The summed E-state index contributed by atoms with van der Waals surface area (Å²) in [6, 6.07) is 7.32. The summed E-state index contributed by atoms with van der Waals surface area (Å²) in [6.45, 7) is 11.2. The zero-order valence-corrected chi connectivity index (χ0v) is 14.7. The molecule has 1 aromatic rings. The highest BCUT2D eigenvalue weighted by Gasteiger charge is 2.38. The molecule has 0 fully saturated rings. The van der Waals surface area contributed by atoms with Crippen molar-refractivity contribution < 1.29 is 14.2 Å². The number of rotatable bonds is 6. The van der Waals surface area contributed by atoms with E-state index in [0.717, 1.165) is 5.56 Å². The molecule has 0 saturated carbocycles. The summed E-state index contributed by atoms with van der Waals surface area (Å²) in [5, 5.41) is 0. The van der Waals surface area contributed by atoms with E-state index >= 15 is 0 Å². The van der Waals surface area contributed by atoms with E-state index in [1.54, 1.807) is 32.9 Å². The second-order valence-corrected chi connectivity index (χ2v) is 5.97. The molecule has 1 atom stereocenters. The zero-order chi connectivity index (χ0) is 16.6. The molecule has 0 aliphatic carbocycles. The van der Waals surface area contributed by atoms with Crippen LogP contribution in [0.4, 0.5) is 0 Å². The molecule has 0 saturated heterocycles. The molecule has 0 bridgehead atoms. The lowest BCUT2D eigenvalue weighted by molar-refractivity contribution is -0.122. The highest BCUT2D eigenvalue weighted by molar-refractivity contribution is 7.25. The molecule has 3 nitrogen and oxygen atoms in total. The number of aryl methyl sites for hydroxylation is 1. The second-order valence-electron chi connectivity index (χ2n) is 5.39. The minimum Gasteiger partial charge on any atom is -0.299 e. The van der Waals surface area contributed by atoms with Crippen LogP contribution in [0.15, 0.2) is 24.3 Å². The van der Waals surface area contributed by atoms with Crippen LogP contribution < -0.4 is 0 Å². The Bertz CT molecular complexity index is 489. The zero-order valence-electron chi connectivity index (χ0n) is 13.8. The number of hydrogen-bond acceptors (Lipinski definition) is 3. The smallest absolute Gasteiger partial charge is 0.169 e. The number of hydrogen-bond donors (Lipinski definition) is 0. The summed E-state index contributed by atoms with van der Waals surface area (Å²) in [6.07, 6.45) is -0.0359. The summed E-state index contributed by atoms with van der Waals surface area (Å²) >= 11 is 0. The topological polar surface area (TPSA) is 51.2 Å². The van der Waals surface area contributed by atoms with Crippen LogP contribution >= 0.6 is 8.46 Å². The SMILES string of the molecule is CC.Cc1ccc(C(=O)C(C)(C)C(C)C(=O)CP=O)cc1. The molecule has 1 unspecified atom stereocenters. The molecule has 116 valence electrons. The summed E-state index contributed by atoms with van der Waals surface area (Å²) in [5.41, 5.74) is 0.898. The van der Waals surface area contributed by atoms with Crippen molar-refractivity contribution in [2.24, 2.45) is 11.3 Å². The van der Waals surface area contributed by atoms with Crippen molar-refractivity contribution in [3.8, 4) is 0 Å². The van der Waals surface area contributed by atoms with E-state index in [2.05, 4.69) is 0 Å². The van der Waals surface area contributed by atoms with Gasteiger partial charge in [0, 0.05) is 16.9 Å². The van der Waals surface area contributed by atoms with Gasteiger partial charge >= 0.3 is 0 Å². The summed E-state index contributed by atoms with van der Waals surface area (Å²) in [4.78, 5) is 24.3. The molecule has 21 heavy (non-hydrogen) atoms. The third-order valence-corrected chi connectivity index (χ3v) is 4.13. The average Bonchev–Trinajstić information content (AvgIpc) is 2.48. The molecular weight excluding hydrogens is 283 g/mol. The van der Waals surface area contributed by atoms with Gasteiger partial charge in [-0.25, -0.2) is 0 Å². The monoisotopic (exact) mass is 308 g/mol. The van der Waals surface area contributed by atoms with Gasteiger partial charge in [-0.2, -0.15) is 0 Å². The molecule has 0 heterocycles. The quantitative estimate of drug-likeness (QED) is 0.564. The van der Waals surface area contributed by atoms with Crippen molar-refractivity contribution in [1.82, 2.24) is 0 Å². The van der Waals surface area contributed by atoms with Crippen molar-refractivity contribution in [2.45, 2.75) is 41.5 Å². The van der Waals surface area contributed by atoms with Gasteiger partial charge in [0.15, 0.2) is 14.2 Å². The fourth-order valence-corrected chi connectivity index (χ4v) is 2.28. The first-order valence-electron chi connectivity index (χ1n) is 7.24. The van der Waals surface area contributed by atoms with E-state index in [0.29, 0.717) is 5.56 Å². The van der Waals surface area contributed by atoms with Gasteiger partial charge in [-0.1, -0.05) is 64.4 Å². The number of ketones is 2. The number of Topliss-reactive ketones (excluding diaryl/α,β-unsaturated/α-hetero) is 2. The third-order valence-electron chi connectivity index (χ3n) is 3.68. The number of carbonyl (C=O) groups excluding carboxylic acids is 2. The number of benzene rings is 1. The van der Waals surface area contributed by atoms with E-state index in [4.69, 9.17) is 0 Å². The van der Waals surface area contributed by atoms with Gasteiger partial charge in [0.2, 0.25) is 0 Å². The standard InChI is InChI=1S/C15H19O3P.C2H6/c1-10-5-7-12(8-6-10)14(17)15(3,4)11(2)13(16)9-19-18;1-2/h5-8,11H,9H2,1-4H3;1-2H3. The largest absolute Gasteiger partial charge is 0.299 e. The second kappa shape index (κ2) is 8.84. The minimum atomic E-state index is -0.795. The minimum absolute atomic E-state index is 0.0359. The molecule has 0 radical (unpaired) electrons. The molecule has 0 spiro atoms. The summed E-state index contributed by atoms with van der Waals surface area (Å²) < 4.78 is 10.5. The van der Waals surface area contributed by atoms with Gasteiger partial charge < -0.3 is 0 Å². The molecule has 0 aliphatic heterocycles. The Kier molecular flexibility index (Phi) is 8.27. The van der Waals surface area contributed by atoms with Crippen LogP contribution in [0.1, 0.15) is 50.5 Å². The molecule has 0 amide bonds. The first-order valence-corrected chi connectivity index (χ1v) is 8.23. The van der Waals surface area contributed by atoms with Crippen LogP contribution in [-0.4, -0.2) is 17.7 Å². The maximum absolute atomic E-state index is 12.5. The van der Waals surface area contributed by atoms with Gasteiger partial charge in [-0.15, -0.1) is 0 Å². The molecule has 0 N–H and O–H groups in total. The summed E-state index contributed by atoms with van der Waals surface area (Å²) in [5.74, 6) is -0.666. The fraction of sp³-hybridized carbons (Fsp3) is 0.529. The first-order chi connectivity index (χ1) is 9.80. The van der Waals surface area contributed by atoms with Crippen LogP contribution in [0.3, 0.4) is 0 Å². The maximum atomic E-state index is 12.5. The lowest BCUT2D eigenvalue weighted by Gasteiger charge is -2.29. The van der Waals surface area contributed by atoms with E-state index < -0.39 is 11.3 Å². The normalized spacial score (nSPS) is 12.3. The van der Waals surface area contributed by atoms with Gasteiger partial charge in [-0.3, -0.25) is 14.2 Å². The van der Waals surface area contributed by atoms with Crippen LogP contribution in [0, 0.1) is 18.3 Å². The summed E-state index contributed by atoms with van der Waals surface area (Å²) in [7, 11) is -0.195. The van der Waals surface area contributed by atoms with Crippen molar-refractivity contribution >= 4 is 20.0 Å². The van der Waals surface area contributed by atoms with Crippen molar-refractivity contribution in [1.29, 1.82) is 0 Å². The Morgan fingerprint density at radius 2 is 1.62 bits per heavy atom. The Hall–Kier alpha value is -1.34. The van der Waals surface area contributed by atoms with Gasteiger partial charge in [0.05, 0.1) is 6.16 Å². The van der Waals surface area contributed by atoms with Gasteiger partial charge in [0.25, 0.3) is 0 Å². The van der Waals surface area contributed by atoms with Crippen LogP contribution in [-0.2, 0) is 9.36 Å². The maximum Gasteiger partial charge on any atom is 0.169 e. The van der Waals surface area contributed by atoms with Crippen LogP contribution in [0.25, 0.3) is 0 Å². The van der Waals surface area contributed by atoms with Gasteiger partial charge in [-0.05, 0) is 6.92 Å². The van der Waals surface area contributed by atoms with Crippen molar-refractivity contribution in [2.75, 3.05) is 6.16 Å². The van der Waals surface area contributed by atoms with E-state index in [1.165, 1.54) is 0 Å². The van der Waals surface area contributed by atoms with Crippen LogP contribution in [0.2, 0.25) is 0 Å².